The first-order valence-corrected chi connectivity index (χ1v) is 8.25. The van der Waals surface area contributed by atoms with Gasteiger partial charge in [0.2, 0.25) is 5.88 Å². The van der Waals surface area contributed by atoms with E-state index in [1.165, 1.54) is 0 Å². The molecule has 0 amide bonds. The Kier molecular flexibility index (Phi) is 4.91. The number of pyridine rings is 1. The van der Waals surface area contributed by atoms with E-state index in [2.05, 4.69) is 24.6 Å². The molecule has 0 unspecified atom stereocenters. The lowest BCUT2D eigenvalue weighted by atomic mass is 9.98. The van der Waals surface area contributed by atoms with E-state index in [9.17, 15) is 0 Å². The van der Waals surface area contributed by atoms with Gasteiger partial charge in [-0.3, -0.25) is 4.90 Å². The molecule has 0 aliphatic carbocycles. The van der Waals surface area contributed by atoms with Crippen LogP contribution in [0.1, 0.15) is 30.1 Å². The molecule has 1 aliphatic rings. The van der Waals surface area contributed by atoms with E-state index in [1.54, 1.807) is 6.20 Å². The zero-order valence-electron chi connectivity index (χ0n) is 14.2. The maximum atomic E-state index is 5.90. The highest BCUT2D eigenvalue weighted by atomic mass is 16.5. The highest BCUT2D eigenvalue weighted by molar-refractivity contribution is 5.23. The van der Waals surface area contributed by atoms with E-state index >= 15 is 0 Å². The maximum absolute atomic E-state index is 5.90. The molecule has 6 nitrogen and oxygen atoms in total. The summed E-state index contributed by atoms with van der Waals surface area (Å²) in [5.41, 5.74) is 1.10. The van der Waals surface area contributed by atoms with Gasteiger partial charge in [0.15, 0.2) is 0 Å². The monoisotopic (exact) mass is 315 g/mol. The topological polar surface area (TPSA) is 56.1 Å². The van der Waals surface area contributed by atoms with Crippen molar-refractivity contribution >= 4 is 0 Å². The van der Waals surface area contributed by atoms with Crippen molar-refractivity contribution < 1.29 is 4.74 Å². The lowest BCUT2D eigenvalue weighted by Gasteiger charge is -2.31. The Morgan fingerprint density at radius 3 is 2.65 bits per heavy atom. The fraction of sp³-hybridized carbons (Fsp3) is 0.588. The van der Waals surface area contributed by atoms with Gasteiger partial charge in [0.25, 0.3) is 0 Å². The molecule has 0 saturated carbocycles. The largest absolute Gasteiger partial charge is 0.477 e. The number of hydrogen-bond donors (Lipinski definition) is 0. The van der Waals surface area contributed by atoms with Gasteiger partial charge in [-0.2, -0.15) is 0 Å². The molecule has 1 fully saturated rings. The van der Waals surface area contributed by atoms with Crippen LogP contribution in [0.4, 0.5) is 0 Å². The zero-order chi connectivity index (χ0) is 16.2. The van der Waals surface area contributed by atoms with E-state index in [4.69, 9.17) is 4.74 Å². The third kappa shape index (κ3) is 3.88. The average Bonchev–Trinajstić information content (AvgIpc) is 2.87. The molecule has 1 saturated heterocycles. The second kappa shape index (κ2) is 7.08. The number of rotatable bonds is 5. The Balaban J connectivity index is 1.45. The van der Waals surface area contributed by atoms with Crippen molar-refractivity contribution in [3.05, 3.63) is 35.5 Å². The fourth-order valence-corrected chi connectivity index (χ4v) is 2.92. The van der Waals surface area contributed by atoms with Gasteiger partial charge in [0.1, 0.15) is 11.6 Å². The van der Waals surface area contributed by atoms with Gasteiger partial charge in [0, 0.05) is 18.8 Å². The summed E-state index contributed by atoms with van der Waals surface area (Å²) in [6.45, 7) is 7.83. The fourth-order valence-electron chi connectivity index (χ4n) is 2.92. The van der Waals surface area contributed by atoms with E-state index in [0.29, 0.717) is 5.92 Å². The van der Waals surface area contributed by atoms with Gasteiger partial charge < -0.3 is 9.30 Å². The molecular formula is C17H25N5O. The molecule has 0 N–H and O–H groups in total. The van der Waals surface area contributed by atoms with Crippen molar-refractivity contribution in [2.75, 3.05) is 19.7 Å². The highest BCUT2D eigenvalue weighted by Crippen LogP contribution is 2.21. The number of likely N-dealkylation sites (tertiary alicyclic amines) is 1. The van der Waals surface area contributed by atoms with Crippen molar-refractivity contribution in [3.63, 3.8) is 0 Å². The van der Waals surface area contributed by atoms with Crippen molar-refractivity contribution in [3.8, 4) is 5.88 Å². The van der Waals surface area contributed by atoms with Gasteiger partial charge in [-0.15, -0.1) is 10.2 Å². The molecule has 0 atom stereocenters. The van der Waals surface area contributed by atoms with Crippen LogP contribution in [0.2, 0.25) is 0 Å². The standard InChI is InChI=1S/C17H25N5O/c1-13-5-4-8-18-17(13)23-12-15-6-9-22(10-7-15)11-16-20-19-14(2)21(16)3/h4-5,8,15H,6-7,9-12H2,1-3H3. The number of aryl methyl sites for hydroxylation is 2. The molecule has 2 aromatic heterocycles. The molecule has 6 heteroatoms. The summed E-state index contributed by atoms with van der Waals surface area (Å²) in [6, 6.07) is 3.97. The number of aromatic nitrogens is 4. The highest BCUT2D eigenvalue weighted by Gasteiger charge is 2.21. The van der Waals surface area contributed by atoms with Crippen LogP contribution in [0.25, 0.3) is 0 Å². The molecule has 0 spiro atoms. The van der Waals surface area contributed by atoms with Gasteiger partial charge in [-0.1, -0.05) is 6.07 Å². The number of piperidine rings is 1. The zero-order valence-corrected chi connectivity index (χ0v) is 14.2. The summed E-state index contributed by atoms with van der Waals surface area (Å²) < 4.78 is 7.96. The second-order valence-electron chi connectivity index (χ2n) is 6.38. The first kappa shape index (κ1) is 15.9. The summed E-state index contributed by atoms with van der Waals surface area (Å²) in [7, 11) is 2.03. The van der Waals surface area contributed by atoms with Gasteiger partial charge >= 0.3 is 0 Å². The Labute approximate surface area is 137 Å². The molecule has 3 heterocycles. The predicted octanol–water partition coefficient (Wildman–Crippen LogP) is 2.12. The first-order chi connectivity index (χ1) is 11.1. The van der Waals surface area contributed by atoms with Gasteiger partial charge in [-0.05, 0) is 51.8 Å². The molecule has 124 valence electrons. The third-order valence-corrected chi connectivity index (χ3v) is 4.67. The SMILES string of the molecule is Cc1cccnc1OCC1CCN(Cc2nnc(C)n2C)CC1. The lowest BCUT2D eigenvalue weighted by Crippen LogP contribution is -2.35. The van der Waals surface area contributed by atoms with Crippen molar-refractivity contribution in [2.45, 2.75) is 33.2 Å². The molecule has 0 radical (unpaired) electrons. The van der Waals surface area contributed by atoms with Crippen LogP contribution in [0.3, 0.4) is 0 Å². The number of hydrogen-bond acceptors (Lipinski definition) is 5. The van der Waals surface area contributed by atoms with Crippen LogP contribution < -0.4 is 4.74 Å². The van der Waals surface area contributed by atoms with E-state index < -0.39 is 0 Å². The first-order valence-electron chi connectivity index (χ1n) is 8.25. The minimum atomic E-state index is 0.605. The average molecular weight is 315 g/mol. The van der Waals surface area contributed by atoms with Crippen molar-refractivity contribution in [1.82, 2.24) is 24.6 Å². The van der Waals surface area contributed by atoms with Crippen LogP contribution in [-0.4, -0.2) is 44.3 Å². The van der Waals surface area contributed by atoms with Crippen molar-refractivity contribution in [1.29, 1.82) is 0 Å². The molecule has 0 bridgehead atoms. The summed E-state index contributed by atoms with van der Waals surface area (Å²) in [6.07, 6.45) is 4.10. The van der Waals surface area contributed by atoms with Crippen LogP contribution in [0.15, 0.2) is 18.3 Å². The molecule has 2 aromatic rings. The smallest absolute Gasteiger partial charge is 0.216 e. The summed E-state index contributed by atoms with van der Waals surface area (Å²) >= 11 is 0. The van der Waals surface area contributed by atoms with Crippen LogP contribution >= 0.6 is 0 Å². The Hall–Kier alpha value is -1.95. The lowest BCUT2D eigenvalue weighted by molar-refractivity contribution is 0.131. The predicted molar refractivity (Wildman–Crippen MR) is 88.2 cm³/mol. The van der Waals surface area contributed by atoms with E-state index in [0.717, 1.165) is 62.2 Å². The summed E-state index contributed by atoms with van der Waals surface area (Å²) in [5, 5.41) is 8.38. The number of nitrogens with zero attached hydrogens (tertiary/aromatic N) is 5. The number of ether oxygens (including phenoxy) is 1. The maximum Gasteiger partial charge on any atom is 0.216 e. The second-order valence-corrected chi connectivity index (χ2v) is 6.38. The van der Waals surface area contributed by atoms with Crippen molar-refractivity contribution in [2.24, 2.45) is 13.0 Å². The molecule has 3 rings (SSSR count). The van der Waals surface area contributed by atoms with E-state index in [1.807, 2.05) is 33.0 Å². The molecule has 23 heavy (non-hydrogen) atoms. The third-order valence-electron chi connectivity index (χ3n) is 4.67. The molecular weight excluding hydrogens is 290 g/mol. The molecule has 1 aliphatic heterocycles. The van der Waals surface area contributed by atoms with Crippen LogP contribution in [-0.2, 0) is 13.6 Å². The van der Waals surface area contributed by atoms with E-state index in [-0.39, 0.29) is 0 Å². The van der Waals surface area contributed by atoms with Crippen LogP contribution in [0.5, 0.6) is 5.88 Å². The summed E-state index contributed by atoms with van der Waals surface area (Å²) in [4.78, 5) is 6.75. The van der Waals surface area contributed by atoms with Gasteiger partial charge in [0.05, 0.1) is 13.2 Å². The Bertz CT molecular complexity index is 646. The normalized spacial score (nSPS) is 16.7. The Morgan fingerprint density at radius 1 is 1.22 bits per heavy atom. The minimum Gasteiger partial charge on any atom is -0.477 e. The molecule has 0 aromatic carbocycles. The minimum absolute atomic E-state index is 0.605. The Morgan fingerprint density at radius 2 is 2.00 bits per heavy atom. The quantitative estimate of drug-likeness (QED) is 0.846. The van der Waals surface area contributed by atoms with Crippen LogP contribution in [0, 0.1) is 19.8 Å². The van der Waals surface area contributed by atoms with Gasteiger partial charge in [-0.25, -0.2) is 4.98 Å². The summed E-state index contributed by atoms with van der Waals surface area (Å²) in [5.74, 6) is 3.38.